The van der Waals surface area contributed by atoms with E-state index in [1.807, 2.05) is 6.92 Å². The summed E-state index contributed by atoms with van der Waals surface area (Å²) in [5.41, 5.74) is 0.753. The minimum absolute atomic E-state index is 0.295. The van der Waals surface area contributed by atoms with Gasteiger partial charge in [-0.3, -0.25) is 0 Å². The van der Waals surface area contributed by atoms with Gasteiger partial charge in [0.25, 0.3) is 0 Å². The van der Waals surface area contributed by atoms with Crippen LogP contribution in [0.5, 0.6) is 0 Å². The highest BCUT2D eigenvalue weighted by molar-refractivity contribution is 5.27. The summed E-state index contributed by atoms with van der Waals surface area (Å²) in [7, 11) is 0. The first kappa shape index (κ1) is 12.5. The molecule has 1 aromatic rings. The van der Waals surface area contributed by atoms with Crippen LogP contribution in [0.3, 0.4) is 0 Å². The van der Waals surface area contributed by atoms with Gasteiger partial charge in [0.05, 0.1) is 11.7 Å². The van der Waals surface area contributed by atoms with Crippen molar-refractivity contribution in [2.24, 2.45) is 0 Å². The van der Waals surface area contributed by atoms with Gasteiger partial charge in [-0.15, -0.1) is 0 Å². The third-order valence-corrected chi connectivity index (χ3v) is 3.81. The van der Waals surface area contributed by atoms with E-state index in [0.29, 0.717) is 19.3 Å². The zero-order chi connectivity index (χ0) is 12.5. The maximum Gasteiger partial charge on any atom is 0.123 e. The number of halogens is 1. The highest BCUT2D eigenvalue weighted by Gasteiger charge is 2.38. The lowest BCUT2D eigenvalue weighted by molar-refractivity contribution is -0.0690. The molecule has 1 aliphatic carbocycles. The summed E-state index contributed by atoms with van der Waals surface area (Å²) in [5, 5.41) is 20.3. The van der Waals surface area contributed by atoms with Gasteiger partial charge >= 0.3 is 0 Å². The van der Waals surface area contributed by atoms with E-state index < -0.39 is 11.7 Å². The highest BCUT2D eigenvalue weighted by atomic mass is 19.1. The van der Waals surface area contributed by atoms with Crippen molar-refractivity contribution in [3.63, 3.8) is 0 Å². The molecule has 1 atom stereocenters. The lowest BCUT2D eigenvalue weighted by Crippen LogP contribution is -2.41. The summed E-state index contributed by atoms with van der Waals surface area (Å²) in [6.07, 6.45) is 2.71. The van der Waals surface area contributed by atoms with Crippen molar-refractivity contribution in [1.82, 2.24) is 0 Å². The van der Waals surface area contributed by atoms with Gasteiger partial charge in [0.15, 0.2) is 0 Å². The normalized spacial score (nSPS) is 20.5. The fraction of sp³-hybridized carbons (Fsp3) is 0.571. The molecule has 0 aliphatic heterocycles. The Balaban J connectivity index is 2.12. The summed E-state index contributed by atoms with van der Waals surface area (Å²) >= 11 is 0. The predicted molar refractivity (Wildman–Crippen MR) is 64.3 cm³/mol. The number of aryl methyl sites for hydroxylation is 1. The molecule has 17 heavy (non-hydrogen) atoms. The second-order valence-electron chi connectivity index (χ2n) is 5.10. The molecule has 0 saturated heterocycles. The van der Waals surface area contributed by atoms with Crippen molar-refractivity contribution < 1.29 is 14.6 Å². The molecule has 1 aliphatic rings. The molecule has 2 nitrogen and oxygen atoms in total. The smallest absolute Gasteiger partial charge is 0.123 e. The lowest BCUT2D eigenvalue weighted by atomic mass is 9.89. The van der Waals surface area contributed by atoms with Gasteiger partial charge < -0.3 is 10.2 Å². The third kappa shape index (κ3) is 2.67. The van der Waals surface area contributed by atoms with E-state index >= 15 is 0 Å². The number of benzene rings is 1. The van der Waals surface area contributed by atoms with Gasteiger partial charge in [-0.25, -0.2) is 4.39 Å². The number of rotatable bonds is 3. The minimum Gasteiger partial charge on any atom is -0.390 e. The second kappa shape index (κ2) is 4.75. The molecule has 94 valence electrons. The Morgan fingerprint density at radius 2 is 2.00 bits per heavy atom. The molecule has 0 aromatic heterocycles. The highest BCUT2D eigenvalue weighted by Crippen LogP contribution is 2.34. The van der Waals surface area contributed by atoms with E-state index in [1.54, 1.807) is 6.07 Å². The van der Waals surface area contributed by atoms with Crippen LogP contribution in [-0.2, 0) is 6.42 Å². The molecular formula is C14H19FO2. The Hall–Kier alpha value is -0.930. The van der Waals surface area contributed by atoms with Gasteiger partial charge in [0, 0.05) is 6.42 Å². The van der Waals surface area contributed by atoms with Crippen LogP contribution in [0.1, 0.15) is 36.8 Å². The summed E-state index contributed by atoms with van der Waals surface area (Å²) in [5.74, 6) is -0.295. The van der Waals surface area contributed by atoms with E-state index in [0.717, 1.165) is 24.0 Å². The summed E-state index contributed by atoms with van der Waals surface area (Å²) in [6.45, 7) is 1.89. The molecule has 2 rings (SSSR count). The van der Waals surface area contributed by atoms with Crippen LogP contribution in [0.4, 0.5) is 4.39 Å². The number of aliphatic hydroxyl groups is 2. The summed E-state index contributed by atoms with van der Waals surface area (Å²) in [4.78, 5) is 0. The maximum absolute atomic E-state index is 13.1. The first-order chi connectivity index (χ1) is 8.01. The van der Waals surface area contributed by atoms with Crippen molar-refractivity contribution in [1.29, 1.82) is 0 Å². The van der Waals surface area contributed by atoms with Gasteiger partial charge in [0.2, 0.25) is 0 Å². The average Bonchev–Trinajstić information content (AvgIpc) is 2.72. The van der Waals surface area contributed by atoms with Crippen molar-refractivity contribution >= 4 is 0 Å². The number of aliphatic hydroxyl groups excluding tert-OH is 1. The second-order valence-corrected chi connectivity index (χ2v) is 5.10. The van der Waals surface area contributed by atoms with Crippen LogP contribution in [0.2, 0.25) is 0 Å². The van der Waals surface area contributed by atoms with Crippen LogP contribution in [0.25, 0.3) is 0 Å². The summed E-state index contributed by atoms with van der Waals surface area (Å²) in [6, 6.07) is 4.56. The summed E-state index contributed by atoms with van der Waals surface area (Å²) < 4.78 is 13.1. The number of hydrogen-bond donors (Lipinski definition) is 2. The molecule has 1 aromatic carbocycles. The predicted octanol–water partition coefficient (Wildman–Crippen LogP) is 2.34. The Bertz CT molecular complexity index is 397. The van der Waals surface area contributed by atoms with Crippen molar-refractivity contribution in [3.05, 3.63) is 35.1 Å². The molecule has 0 radical (unpaired) electrons. The van der Waals surface area contributed by atoms with Crippen LogP contribution < -0.4 is 0 Å². The lowest BCUT2D eigenvalue weighted by Gasteiger charge is -2.28. The third-order valence-electron chi connectivity index (χ3n) is 3.81. The van der Waals surface area contributed by atoms with Crippen molar-refractivity contribution in [3.8, 4) is 0 Å². The molecule has 1 saturated carbocycles. The van der Waals surface area contributed by atoms with E-state index in [-0.39, 0.29) is 5.82 Å². The van der Waals surface area contributed by atoms with Crippen molar-refractivity contribution in [2.45, 2.75) is 50.7 Å². The minimum atomic E-state index is -0.973. The van der Waals surface area contributed by atoms with E-state index in [9.17, 15) is 14.6 Å². The fourth-order valence-corrected chi connectivity index (χ4v) is 2.58. The molecule has 0 bridgehead atoms. The fourth-order valence-electron chi connectivity index (χ4n) is 2.58. The Morgan fingerprint density at radius 3 is 2.65 bits per heavy atom. The molecule has 3 heteroatoms. The maximum atomic E-state index is 13.1. The van der Waals surface area contributed by atoms with Crippen LogP contribution in [-0.4, -0.2) is 21.9 Å². The van der Waals surface area contributed by atoms with Gasteiger partial charge in [-0.1, -0.05) is 18.9 Å². The standard InChI is InChI=1S/C14H19FO2/c1-10-4-5-12(15)8-11(10)9-13(16)14(17)6-2-3-7-14/h4-5,8,13,16-17H,2-3,6-7,9H2,1H3. The van der Waals surface area contributed by atoms with Crippen molar-refractivity contribution in [2.75, 3.05) is 0 Å². The van der Waals surface area contributed by atoms with E-state index in [4.69, 9.17) is 0 Å². The first-order valence-corrected chi connectivity index (χ1v) is 6.17. The zero-order valence-electron chi connectivity index (χ0n) is 10.1. The van der Waals surface area contributed by atoms with E-state index in [2.05, 4.69) is 0 Å². The van der Waals surface area contributed by atoms with Gasteiger partial charge in [-0.05, 0) is 43.0 Å². The van der Waals surface area contributed by atoms with Crippen LogP contribution in [0, 0.1) is 12.7 Å². The van der Waals surface area contributed by atoms with Crippen LogP contribution >= 0.6 is 0 Å². The quantitative estimate of drug-likeness (QED) is 0.848. The van der Waals surface area contributed by atoms with Gasteiger partial charge in [0.1, 0.15) is 5.82 Å². The average molecular weight is 238 g/mol. The molecule has 0 heterocycles. The zero-order valence-corrected chi connectivity index (χ0v) is 10.1. The van der Waals surface area contributed by atoms with Gasteiger partial charge in [-0.2, -0.15) is 0 Å². The Kier molecular flexibility index (Phi) is 3.50. The largest absolute Gasteiger partial charge is 0.390 e. The molecule has 1 fully saturated rings. The van der Waals surface area contributed by atoms with E-state index in [1.165, 1.54) is 12.1 Å². The molecule has 1 unspecified atom stereocenters. The molecule has 0 amide bonds. The monoisotopic (exact) mass is 238 g/mol. The topological polar surface area (TPSA) is 40.5 Å². The first-order valence-electron chi connectivity index (χ1n) is 6.17. The number of hydrogen-bond acceptors (Lipinski definition) is 2. The van der Waals surface area contributed by atoms with Crippen LogP contribution in [0.15, 0.2) is 18.2 Å². The molecule has 0 spiro atoms. The molecule has 2 N–H and O–H groups in total. The Morgan fingerprint density at radius 1 is 1.35 bits per heavy atom. The molecular weight excluding hydrogens is 219 g/mol. The SMILES string of the molecule is Cc1ccc(F)cc1CC(O)C1(O)CCCC1. The Labute approximate surface area is 101 Å².